The molecule has 98 valence electrons. The Hall–Kier alpha value is -1.06. The molecular formula is C13H23NO3. The minimum atomic E-state index is -0.705. The lowest BCUT2D eigenvalue weighted by Gasteiger charge is -2.30. The van der Waals surface area contributed by atoms with Gasteiger partial charge in [0.05, 0.1) is 5.92 Å². The number of hydrogen-bond acceptors (Lipinski definition) is 2. The van der Waals surface area contributed by atoms with Gasteiger partial charge >= 0.3 is 5.97 Å². The molecule has 1 rings (SSSR count). The first-order chi connectivity index (χ1) is 7.86. The molecule has 0 saturated heterocycles. The molecule has 1 aliphatic carbocycles. The van der Waals surface area contributed by atoms with Crippen LogP contribution in [-0.2, 0) is 9.59 Å². The summed E-state index contributed by atoms with van der Waals surface area (Å²) >= 11 is 0. The number of carbonyl (C=O) groups is 2. The van der Waals surface area contributed by atoms with Crippen molar-refractivity contribution >= 4 is 11.9 Å². The number of carboxylic acids is 1. The van der Waals surface area contributed by atoms with Crippen molar-refractivity contribution < 1.29 is 14.7 Å². The maximum absolute atomic E-state index is 12.0. The Balaban J connectivity index is 2.41. The highest BCUT2D eigenvalue weighted by Gasteiger charge is 2.30. The second-order valence-electron chi connectivity index (χ2n) is 5.60. The van der Waals surface area contributed by atoms with Crippen LogP contribution >= 0.6 is 0 Å². The Morgan fingerprint density at radius 1 is 1.24 bits per heavy atom. The maximum atomic E-state index is 12.0. The molecule has 17 heavy (non-hydrogen) atoms. The van der Waals surface area contributed by atoms with Gasteiger partial charge in [-0.05, 0) is 32.1 Å². The van der Waals surface area contributed by atoms with E-state index in [2.05, 4.69) is 5.32 Å². The van der Waals surface area contributed by atoms with Gasteiger partial charge in [0.15, 0.2) is 0 Å². The topological polar surface area (TPSA) is 66.4 Å². The summed E-state index contributed by atoms with van der Waals surface area (Å²) in [6.07, 6.45) is 3.72. The highest BCUT2D eigenvalue weighted by molar-refractivity contribution is 5.82. The van der Waals surface area contributed by atoms with E-state index >= 15 is 0 Å². The summed E-state index contributed by atoms with van der Waals surface area (Å²) < 4.78 is 0. The van der Waals surface area contributed by atoms with Gasteiger partial charge < -0.3 is 10.4 Å². The van der Waals surface area contributed by atoms with Crippen molar-refractivity contribution in [1.29, 1.82) is 0 Å². The molecule has 4 nitrogen and oxygen atoms in total. The average molecular weight is 241 g/mol. The first-order valence-electron chi connectivity index (χ1n) is 6.40. The molecule has 0 atom stereocenters. The summed E-state index contributed by atoms with van der Waals surface area (Å²) in [5, 5.41) is 11.9. The molecule has 1 amide bonds. The molecule has 0 aromatic carbocycles. The quantitative estimate of drug-likeness (QED) is 0.792. The van der Waals surface area contributed by atoms with E-state index in [1.165, 1.54) is 0 Å². The summed E-state index contributed by atoms with van der Waals surface area (Å²) in [6, 6.07) is 0.156. The Morgan fingerprint density at radius 2 is 1.76 bits per heavy atom. The smallest absolute Gasteiger partial charge is 0.306 e. The molecule has 1 aliphatic rings. The molecule has 0 unspecified atom stereocenters. The molecule has 4 heteroatoms. The highest BCUT2D eigenvalue weighted by atomic mass is 16.4. The van der Waals surface area contributed by atoms with Crippen molar-refractivity contribution in [3.8, 4) is 0 Å². The minimum Gasteiger partial charge on any atom is -0.481 e. The lowest BCUT2D eigenvalue weighted by molar-refractivity contribution is -0.142. The molecule has 1 fully saturated rings. The number of carboxylic acid groups (broad SMARTS) is 1. The fraction of sp³-hybridized carbons (Fsp3) is 0.846. The van der Waals surface area contributed by atoms with Crippen LogP contribution < -0.4 is 5.32 Å². The molecule has 2 N–H and O–H groups in total. The van der Waals surface area contributed by atoms with Gasteiger partial charge in [-0.1, -0.05) is 20.8 Å². The van der Waals surface area contributed by atoms with Crippen molar-refractivity contribution in [2.24, 2.45) is 11.3 Å². The van der Waals surface area contributed by atoms with E-state index < -0.39 is 5.97 Å². The van der Waals surface area contributed by atoms with Crippen molar-refractivity contribution in [1.82, 2.24) is 5.32 Å². The van der Waals surface area contributed by atoms with Crippen LogP contribution in [0.4, 0.5) is 0 Å². The van der Waals surface area contributed by atoms with Crippen LogP contribution in [0.15, 0.2) is 0 Å². The van der Waals surface area contributed by atoms with Crippen LogP contribution in [0.5, 0.6) is 0 Å². The third-order valence-electron chi connectivity index (χ3n) is 3.91. The maximum Gasteiger partial charge on any atom is 0.306 e. The predicted octanol–water partition coefficient (Wildman–Crippen LogP) is 2.18. The van der Waals surface area contributed by atoms with Crippen molar-refractivity contribution in [3.05, 3.63) is 0 Å². The first kappa shape index (κ1) is 14.0. The number of carbonyl (C=O) groups excluding carboxylic acids is 1. The van der Waals surface area contributed by atoms with Crippen LogP contribution in [-0.4, -0.2) is 23.0 Å². The molecule has 0 radical (unpaired) electrons. The van der Waals surface area contributed by atoms with Crippen LogP contribution in [0.3, 0.4) is 0 Å². The number of aliphatic carboxylic acids is 1. The lowest BCUT2D eigenvalue weighted by atomic mass is 9.84. The number of amides is 1. The van der Waals surface area contributed by atoms with Crippen LogP contribution in [0.1, 0.15) is 52.9 Å². The average Bonchev–Trinajstić information content (AvgIpc) is 2.29. The van der Waals surface area contributed by atoms with E-state index in [0.29, 0.717) is 12.8 Å². The van der Waals surface area contributed by atoms with Gasteiger partial charge in [0.1, 0.15) is 0 Å². The fourth-order valence-corrected chi connectivity index (χ4v) is 2.03. The molecule has 1 saturated carbocycles. The van der Waals surface area contributed by atoms with Gasteiger partial charge in [0.2, 0.25) is 5.91 Å². The SMILES string of the molecule is CCC(C)(C)C(=O)NC1CCC(C(=O)O)CC1. The van der Waals surface area contributed by atoms with E-state index in [1.54, 1.807) is 0 Å². The summed E-state index contributed by atoms with van der Waals surface area (Å²) in [6.45, 7) is 5.87. The Morgan fingerprint density at radius 3 is 2.18 bits per heavy atom. The molecule has 0 bridgehead atoms. The summed E-state index contributed by atoms with van der Waals surface area (Å²) in [5.74, 6) is -0.843. The fourth-order valence-electron chi connectivity index (χ4n) is 2.03. The van der Waals surface area contributed by atoms with Crippen LogP contribution in [0, 0.1) is 11.3 Å². The van der Waals surface area contributed by atoms with E-state index in [1.807, 2.05) is 20.8 Å². The molecular weight excluding hydrogens is 218 g/mol. The van der Waals surface area contributed by atoms with Crippen LogP contribution in [0.25, 0.3) is 0 Å². The third-order valence-corrected chi connectivity index (χ3v) is 3.91. The Labute approximate surface area is 103 Å². The van der Waals surface area contributed by atoms with Crippen molar-refractivity contribution in [2.75, 3.05) is 0 Å². The highest BCUT2D eigenvalue weighted by Crippen LogP contribution is 2.26. The van der Waals surface area contributed by atoms with Gasteiger partial charge in [0.25, 0.3) is 0 Å². The Bertz CT molecular complexity index is 291. The van der Waals surface area contributed by atoms with Crippen LogP contribution in [0.2, 0.25) is 0 Å². The second kappa shape index (κ2) is 5.52. The molecule has 0 aromatic rings. The largest absolute Gasteiger partial charge is 0.481 e. The summed E-state index contributed by atoms with van der Waals surface area (Å²) in [4.78, 5) is 22.8. The Kier molecular flexibility index (Phi) is 4.54. The third kappa shape index (κ3) is 3.72. The first-order valence-corrected chi connectivity index (χ1v) is 6.40. The molecule has 0 aromatic heterocycles. The summed E-state index contributed by atoms with van der Waals surface area (Å²) in [7, 11) is 0. The monoisotopic (exact) mass is 241 g/mol. The predicted molar refractivity (Wildman–Crippen MR) is 65.6 cm³/mol. The summed E-state index contributed by atoms with van der Waals surface area (Å²) in [5.41, 5.74) is -0.330. The standard InChI is InChI=1S/C13H23NO3/c1-4-13(2,3)12(17)14-10-7-5-9(6-8-10)11(15)16/h9-10H,4-8H2,1-3H3,(H,14,17)(H,15,16). The number of rotatable bonds is 4. The zero-order chi connectivity index (χ0) is 13.1. The van der Waals surface area contributed by atoms with Gasteiger partial charge in [0, 0.05) is 11.5 Å². The zero-order valence-electron chi connectivity index (χ0n) is 11.0. The van der Waals surface area contributed by atoms with Gasteiger partial charge in [-0.15, -0.1) is 0 Å². The van der Waals surface area contributed by atoms with E-state index in [9.17, 15) is 9.59 Å². The normalized spacial score (nSPS) is 25.4. The van der Waals surface area contributed by atoms with Crippen molar-refractivity contribution in [2.45, 2.75) is 58.9 Å². The molecule has 0 heterocycles. The van der Waals surface area contributed by atoms with E-state index in [-0.39, 0.29) is 23.3 Å². The number of nitrogens with one attached hydrogen (secondary N) is 1. The van der Waals surface area contributed by atoms with Gasteiger partial charge in [-0.25, -0.2) is 0 Å². The number of hydrogen-bond donors (Lipinski definition) is 2. The minimum absolute atomic E-state index is 0.0822. The zero-order valence-corrected chi connectivity index (χ0v) is 11.0. The van der Waals surface area contributed by atoms with Gasteiger partial charge in [-0.3, -0.25) is 9.59 Å². The lowest BCUT2D eigenvalue weighted by Crippen LogP contribution is -2.44. The van der Waals surface area contributed by atoms with Crippen molar-refractivity contribution in [3.63, 3.8) is 0 Å². The molecule has 0 spiro atoms. The van der Waals surface area contributed by atoms with E-state index in [4.69, 9.17) is 5.11 Å². The van der Waals surface area contributed by atoms with Gasteiger partial charge in [-0.2, -0.15) is 0 Å². The van der Waals surface area contributed by atoms with E-state index in [0.717, 1.165) is 19.3 Å². The second-order valence-corrected chi connectivity index (χ2v) is 5.60. The molecule has 0 aliphatic heterocycles.